The lowest BCUT2D eigenvalue weighted by Crippen LogP contribution is -2.21. The average Bonchev–Trinajstić information content (AvgIpc) is 3.21. The molecule has 7 nitrogen and oxygen atoms in total. The second kappa shape index (κ2) is 9.99. The number of ether oxygens (including phenoxy) is 1. The van der Waals surface area contributed by atoms with Gasteiger partial charge in [0.15, 0.2) is 0 Å². The third kappa shape index (κ3) is 4.77. The van der Waals surface area contributed by atoms with E-state index in [0.29, 0.717) is 27.2 Å². The molecule has 1 amide bonds. The minimum absolute atomic E-state index is 0.0352. The number of rotatable bonds is 5. The van der Waals surface area contributed by atoms with Crippen molar-refractivity contribution in [1.29, 1.82) is 0 Å². The molecule has 0 fully saturated rings. The van der Waals surface area contributed by atoms with Crippen molar-refractivity contribution in [3.05, 3.63) is 81.2 Å². The van der Waals surface area contributed by atoms with E-state index >= 15 is 0 Å². The number of amides is 1. The van der Waals surface area contributed by atoms with Crippen LogP contribution in [0.1, 0.15) is 56.5 Å². The summed E-state index contributed by atoms with van der Waals surface area (Å²) in [5.74, 6) is -0.773. The summed E-state index contributed by atoms with van der Waals surface area (Å²) in [5, 5.41) is 14.0. The molecule has 36 heavy (non-hydrogen) atoms. The standard InChI is InChI=1S/C28H26N2O5S/c1-3-34-28(33)24-20-9-4-5-10-23(20)36-27(24)30-26-21(14-17-11-12-19(31)15-22(17)35-26)25(32)29-18-8-6-7-16(2)13-18/h6-8,11-15,31H,3-5,9-10H2,1-2H3,(H,29,32). The van der Waals surface area contributed by atoms with Crippen molar-refractivity contribution in [2.45, 2.75) is 39.5 Å². The first kappa shape index (κ1) is 23.8. The number of benzene rings is 2. The van der Waals surface area contributed by atoms with Crippen LogP contribution < -0.4 is 10.9 Å². The zero-order valence-electron chi connectivity index (χ0n) is 20.1. The van der Waals surface area contributed by atoms with Gasteiger partial charge in [-0.25, -0.2) is 9.79 Å². The highest BCUT2D eigenvalue weighted by molar-refractivity contribution is 7.16. The van der Waals surface area contributed by atoms with Gasteiger partial charge < -0.3 is 19.6 Å². The van der Waals surface area contributed by atoms with E-state index in [1.54, 1.807) is 19.1 Å². The zero-order chi connectivity index (χ0) is 25.2. The first-order valence-electron chi connectivity index (χ1n) is 11.9. The molecule has 0 saturated carbocycles. The van der Waals surface area contributed by atoms with Gasteiger partial charge in [0.05, 0.1) is 12.2 Å². The summed E-state index contributed by atoms with van der Waals surface area (Å²) in [4.78, 5) is 32.1. The number of carbonyl (C=O) groups excluding carboxylic acids is 2. The molecule has 2 heterocycles. The van der Waals surface area contributed by atoms with Crippen LogP contribution in [-0.4, -0.2) is 23.6 Å². The average molecular weight is 503 g/mol. The highest BCUT2D eigenvalue weighted by Crippen LogP contribution is 2.40. The van der Waals surface area contributed by atoms with E-state index in [-0.39, 0.29) is 23.5 Å². The lowest BCUT2D eigenvalue weighted by atomic mass is 9.95. The Morgan fingerprint density at radius 2 is 1.97 bits per heavy atom. The second-order valence-corrected chi connectivity index (χ2v) is 9.82. The van der Waals surface area contributed by atoms with Gasteiger partial charge in [0.25, 0.3) is 5.91 Å². The van der Waals surface area contributed by atoms with Gasteiger partial charge in [0.2, 0.25) is 5.55 Å². The molecular weight excluding hydrogens is 476 g/mol. The molecule has 0 aliphatic heterocycles. The number of thiophene rings is 1. The lowest BCUT2D eigenvalue weighted by Gasteiger charge is -2.11. The number of hydrogen-bond donors (Lipinski definition) is 2. The number of nitrogens with zero attached hydrogens (tertiary/aromatic N) is 1. The molecule has 5 rings (SSSR count). The van der Waals surface area contributed by atoms with Gasteiger partial charge in [-0.2, -0.15) is 0 Å². The molecule has 0 radical (unpaired) electrons. The van der Waals surface area contributed by atoms with Crippen molar-refractivity contribution in [2.24, 2.45) is 4.99 Å². The van der Waals surface area contributed by atoms with Crippen molar-refractivity contribution in [2.75, 3.05) is 11.9 Å². The third-order valence-electron chi connectivity index (χ3n) is 6.09. The van der Waals surface area contributed by atoms with Crippen LogP contribution in [0.25, 0.3) is 11.0 Å². The predicted molar refractivity (Wildman–Crippen MR) is 139 cm³/mol. The van der Waals surface area contributed by atoms with Crippen LogP contribution in [0, 0.1) is 6.92 Å². The number of carbonyl (C=O) groups is 2. The second-order valence-electron chi connectivity index (χ2n) is 8.73. The summed E-state index contributed by atoms with van der Waals surface area (Å²) in [7, 11) is 0. The Morgan fingerprint density at radius 3 is 2.78 bits per heavy atom. The number of anilines is 1. The number of phenolic OH excluding ortho intramolecular Hbond substituents is 1. The Hall–Kier alpha value is -3.91. The SMILES string of the molecule is CCOC(=O)c1c(N=c2oc3cc(O)ccc3cc2C(=O)Nc2cccc(C)c2)sc2c1CCCC2. The highest BCUT2D eigenvalue weighted by atomic mass is 32.1. The van der Waals surface area contributed by atoms with Gasteiger partial charge in [-0.15, -0.1) is 11.3 Å². The highest BCUT2D eigenvalue weighted by Gasteiger charge is 2.27. The van der Waals surface area contributed by atoms with E-state index in [1.807, 2.05) is 31.2 Å². The van der Waals surface area contributed by atoms with Gasteiger partial charge in [-0.05, 0) is 81.0 Å². The number of aromatic hydroxyl groups is 1. The van der Waals surface area contributed by atoms with Crippen LogP contribution in [0.15, 0.2) is 57.9 Å². The largest absolute Gasteiger partial charge is 0.508 e. The van der Waals surface area contributed by atoms with Gasteiger partial charge in [0, 0.05) is 22.0 Å². The van der Waals surface area contributed by atoms with Gasteiger partial charge in [0.1, 0.15) is 21.9 Å². The summed E-state index contributed by atoms with van der Waals surface area (Å²) in [6.07, 6.45) is 3.72. The minimum atomic E-state index is -0.417. The number of phenols is 1. The van der Waals surface area contributed by atoms with Crippen LogP contribution in [0.5, 0.6) is 5.75 Å². The number of fused-ring (bicyclic) bond motifs is 2. The summed E-state index contributed by atoms with van der Waals surface area (Å²) in [5.41, 5.74) is 3.74. The Balaban J connectivity index is 1.69. The lowest BCUT2D eigenvalue weighted by molar-refractivity contribution is 0.0526. The maximum absolute atomic E-state index is 13.4. The monoisotopic (exact) mass is 502 g/mol. The van der Waals surface area contributed by atoms with Crippen LogP contribution in [0.4, 0.5) is 10.7 Å². The summed E-state index contributed by atoms with van der Waals surface area (Å²) < 4.78 is 11.4. The van der Waals surface area contributed by atoms with E-state index in [0.717, 1.165) is 41.7 Å². The van der Waals surface area contributed by atoms with Crippen molar-refractivity contribution in [3.8, 4) is 5.75 Å². The molecule has 0 spiro atoms. The molecule has 8 heteroatoms. The first-order valence-corrected chi connectivity index (χ1v) is 12.8. The van der Waals surface area contributed by atoms with Crippen molar-refractivity contribution in [3.63, 3.8) is 0 Å². The molecule has 1 aliphatic rings. The molecule has 2 aromatic heterocycles. The quantitative estimate of drug-likeness (QED) is 0.324. The topological polar surface area (TPSA) is 101 Å². The Labute approximate surface area is 212 Å². The molecule has 2 aromatic carbocycles. The van der Waals surface area contributed by atoms with Crippen molar-refractivity contribution in [1.82, 2.24) is 0 Å². The maximum atomic E-state index is 13.4. The fourth-order valence-electron chi connectivity index (χ4n) is 4.41. The molecule has 0 atom stereocenters. The Morgan fingerprint density at radius 1 is 1.14 bits per heavy atom. The fourth-order valence-corrected chi connectivity index (χ4v) is 5.65. The molecule has 4 aromatic rings. The summed E-state index contributed by atoms with van der Waals surface area (Å²) in [6, 6.07) is 13.9. The van der Waals surface area contributed by atoms with Crippen molar-refractivity contribution >= 4 is 44.9 Å². The number of nitrogens with one attached hydrogen (secondary N) is 1. The molecule has 0 unspecified atom stereocenters. The van der Waals surface area contributed by atoms with Crippen LogP contribution in [-0.2, 0) is 17.6 Å². The minimum Gasteiger partial charge on any atom is -0.508 e. The first-order chi connectivity index (χ1) is 17.4. The predicted octanol–water partition coefficient (Wildman–Crippen LogP) is 6.05. The van der Waals surface area contributed by atoms with Crippen LogP contribution >= 0.6 is 11.3 Å². The Kier molecular flexibility index (Phi) is 6.61. The van der Waals surface area contributed by atoms with E-state index in [4.69, 9.17) is 14.1 Å². The Bertz CT molecular complexity index is 1550. The fraction of sp³-hybridized carbons (Fsp3) is 0.250. The maximum Gasteiger partial charge on any atom is 0.341 e. The van der Waals surface area contributed by atoms with E-state index in [9.17, 15) is 14.7 Å². The van der Waals surface area contributed by atoms with Gasteiger partial charge in [-0.1, -0.05) is 12.1 Å². The zero-order valence-corrected chi connectivity index (χ0v) is 20.9. The molecule has 0 saturated heterocycles. The molecule has 1 aliphatic carbocycles. The summed E-state index contributed by atoms with van der Waals surface area (Å²) in [6.45, 7) is 3.98. The molecule has 184 valence electrons. The molecular formula is C28H26N2O5S. The van der Waals surface area contributed by atoms with E-state index in [2.05, 4.69) is 5.32 Å². The summed E-state index contributed by atoms with van der Waals surface area (Å²) >= 11 is 1.44. The third-order valence-corrected chi connectivity index (χ3v) is 7.28. The van der Waals surface area contributed by atoms with E-state index < -0.39 is 11.9 Å². The molecule has 0 bridgehead atoms. The number of hydrogen-bond acceptors (Lipinski definition) is 7. The number of aryl methyl sites for hydroxylation is 2. The number of esters is 1. The normalized spacial score (nSPS) is 13.4. The van der Waals surface area contributed by atoms with Crippen LogP contribution in [0.3, 0.4) is 0 Å². The van der Waals surface area contributed by atoms with Crippen LogP contribution in [0.2, 0.25) is 0 Å². The van der Waals surface area contributed by atoms with Crippen molar-refractivity contribution < 1.29 is 23.8 Å². The molecule has 2 N–H and O–H groups in total. The van der Waals surface area contributed by atoms with Gasteiger partial charge >= 0.3 is 5.97 Å². The smallest absolute Gasteiger partial charge is 0.341 e. The van der Waals surface area contributed by atoms with Gasteiger partial charge in [-0.3, -0.25) is 4.79 Å². The van der Waals surface area contributed by atoms with E-state index in [1.165, 1.54) is 23.5 Å².